The average Bonchev–Trinajstić information content (AvgIpc) is 3.26. The van der Waals surface area contributed by atoms with Crippen molar-refractivity contribution in [2.75, 3.05) is 9.80 Å². The van der Waals surface area contributed by atoms with Gasteiger partial charge >= 0.3 is 0 Å². The zero-order chi connectivity index (χ0) is 37.0. The third-order valence-corrected chi connectivity index (χ3v) is 10.6. The van der Waals surface area contributed by atoms with Gasteiger partial charge in [-0.1, -0.05) is 163 Å². The van der Waals surface area contributed by atoms with Gasteiger partial charge in [-0.05, 0) is 119 Å². The van der Waals surface area contributed by atoms with Gasteiger partial charge in [-0.2, -0.15) is 0 Å². The molecule has 2 bridgehead atoms. The van der Waals surface area contributed by atoms with E-state index in [4.69, 9.17) is 0 Å². The monoisotopic (exact) mass is 706 g/mol. The molecule has 1 atom stereocenters. The molecule has 2 aliphatic carbocycles. The number of benzene rings is 7. The fourth-order valence-corrected chi connectivity index (χ4v) is 7.87. The number of nitrogens with zero attached hydrogens (tertiary/aromatic N) is 2. The minimum Gasteiger partial charge on any atom is -0.330 e. The Bertz CT molecular complexity index is 2560. The zero-order valence-corrected chi connectivity index (χ0v) is 31.0. The van der Waals surface area contributed by atoms with Gasteiger partial charge in [0.1, 0.15) is 0 Å². The highest BCUT2D eigenvalue weighted by molar-refractivity contribution is 5.94. The van der Waals surface area contributed by atoms with Gasteiger partial charge in [0.05, 0.1) is 11.7 Å². The van der Waals surface area contributed by atoms with Gasteiger partial charge in [0.15, 0.2) is 0 Å². The predicted octanol–water partition coefficient (Wildman–Crippen LogP) is 14.2. The molecule has 0 saturated carbocycles. The Morgan fingerprint density at radius 1 is 0.455 bits per heavy atom. The first-order chi connectivity index (χ1) is 27.2. The van der Waals surface area contributed by atoms with E-state index in [2.05, 4.69) is 235 Å². The fourth-order valence-electron chi connectivity index (χ4n) is 7.87. The predicted molar refractivity (Wildman–Crippen MR) is 235 cm³/mol. The van der Waals surface area contributed by atoms with Crippen LogP contribution in [0.15, 0.2) is 218 Å². The summed E-state index contributed by atoms with van der Waals surface area (Å²) >= 11 is 0. The number of hydrogen-bond donors (Lipinski definition) is 0. The highest BCUT2D eigenvalue weighted by atomic mass is 15.2. The van der Waals surface area contributed by atoms with Crippen molar-refractivity contribution in [2.24, 2.45) is 0 Å². The van der Waals surface area contributed by atoms with Crippen molar-refractivity contribution in [2.45, 2.75) is 19.4 Å². The molecule has 0 N–H and O–H groups in total. The lowest BCUT2D eigenvalue weighted by Gasteiger charge is -2.37. The van der Waals surface area contributed by atoms with Crippen LogP contribution >= 0.6 is 0 Å². The molecule has 0 amide bonds. The second-order valence-corrected chi connectivity index (χ2v) is 14.2. The number of rotatable bonds is 8. The van der Waals surface area contributed by atoms with Crippen LogP contribution in [0, 0.1) is 0 Å². The molecule has 7 aromatic carbocycles. The van der Waals surface area contributed by atoms with E-state index in [0.29, 0.717) is 0 Å². The highest BCUT2D eigenvalue weighted by Crippen LogP contribution is 2.43. The summed E-state index contributed by atoms with van der Waals surface area (Å²) in [5.74, 6) is 0. The number of para-hydroxylation sites is 2. The first kappa shape index (κ1) is 33.9. The van der Waals surface area contributed by atoms with Crippen LogP contribution in [-0.2, 0) is 0 Å². The Labute approximate surface area is 325 Å². The van der Waals surface area contributed by atoms with Crippen LogP contribution in [0.5, 0.6) is 0 Å². The highest BCUT2D eigenvalue weighted by Gasteiger charge is 2.29. The molecule has 264 valence electrons. The van der Waals surface area contributed by atoms with E-state index >= 15 is 0 Å². The van der Waals surface area contributed by atoms with Gasteiger partial charge in [0.2, 0.25) is 0 Å². The Balaban J connectivity index is 1.18. The number of anilines is 4. The molecule has 0 aliphatic heterocycles. The number of hydrogen-bond acceptors (Lipinski definition) is 2. The first-order valence-corrected chi connectivity index (χ1v) is 19.1. The van der Waals surface area contributed by atoms with E-state index in [0.717, 1.165) is 40.4 Å². The van der Waals surface area contributed by atoms with E-state index in [1.54, 1.807) is 0 Å². The van der Waals surface area contributed by atoms with Crippen LogP contribution < -0.4 is 9.80 Å². The van der Waals surface area contributed by atoms with E-state index in [1.165, 1.54) is 44.5 Å². The van der Waals surface area contributed by atoms with E-state index in [1.807, 2.05) is 0 Å². The number of fused-ring (bicyclic) bond motifs is 1. The smallest absolute Gasteiger partial charge is 0.0781 e. The van der Waals surface area contributed by atoms with Gasteiger partial charge in [-0.25, -0.2) is 0 Å². The van der Waals surface area contributed by atoms with Crippen molar-refractivity contribution < 1.29 is 0 Å². The van der Waals surface area contributed by atoms with Crippen LogP contribution in [-0.4, -0.2) is 6.04 Å². The second-order valence-electron chi connectivity index (χ2n) is 14.2. The van der Waals surface area contributed by atoms with Gasteiger partial charge in [0, 0.05) is 22.7 Å². The Morgan fingerprint density at radius 3 is 1.65 bits per heavy atom. The lowest BCUT2D eigenvalue weighted by atomic mass is 9.84. The molecule has 55 heavy (non-hydrogen) atoms. The average molecular weight is 707 g/mol. The third kappa shape index (κ3) is 6.99. The molecule has 1 unspecified atom stereocenters. The molecule has 0 spiro atoms. The summed E-state index contributed by atoms with van der Waals surface area (Å²) in [6, 6.07) is 67.7. The summed E-state index contributed by atoms with van der Waals surface area (Å²) < 4.78 is 0. The molecule has 2 nitrogen and oxygen atoms in total. The first-order valence-electron chi connectivity index (χ1n) is 19.1. The third-order valence-electron chi connectivity index (χ3n) is 10.6. The summed E-state index contributed by atoms with van der Waals surface area (Å²) in [4.78, 5) is 4.90. The second kappa shape index (κ2) is 15.2. The Morgan fingerprint density at radius 2 is 1.00 bits per heavy atom. The molecule has 2 aliphatic rings. The standard InChI is InChI=1S/C53H42N2/c1-39-28-33-50-51-38-45(52(34-29-39)54(46-22-10-4-11-23-46)48-26-14-20-43(36-48)40-16-6-2-7-17-40)31-30-42(51)32-35-53(50)55(47-24-12-5-13-25-47)49-27-15-21-44(37-49)41-18-8-3-9-19-41/h2-27,29-38,53H,28H2,1H3/b39-29+,50-33+,52-34+. The van der Waals surface area contributed by atoms with E-state index in [9.17, 15) is 0 Å². The lowest BCUT2D eigenvalue weighted by Crippen LogP contribution is -2.32. The largest absolute Gasteiger partial charge is 0.330 e. The van der Waals surface area contributed by atoms with Crippen LogP contribution in [0.25, 0.3) is 39.6 Å². The SMILES string of the molecule is C/C1=C\C=C(\N(c2ccccc2)c2cccc(-c3ccccc3)c2)c2ccc3c(c2)/C(=C\C1)C(N(c1ccccc1)c1cccc(-c2ccccc2)c1)C=C3. The van der Waals surface area contributed by atoms with Crippen LogP contribution in [0.3, 0.4) is 0 Å². The van der Waals surface area contributed by atoms with Crippen molar-refractivity contribution in [1.29, 1.82) is 0 Å². The lowest BCUT2D eigenvalue weighted by molar-refractivity contribution is 0.950. The van der Waals surface area contributed by atoms with Crippen LogP contribution in [0.1, 0.15) is 30.0 Å². The molecule has 0 saturated heterocycles. The van der Waals surface area contributed by atoms with Crippen LogP contribution in [0.2, 0.25) is 0 Å². The van der Waals surface area contributed by atoms with Gasteiger partial charge in [-0.3, -0.25) is 0 Å². The van der Waals surface area contributed by atoms with Crippen molar-refractivity contribution >= 4 is 40.1 Å². The molecule has 2 heteroatoms. The van der Waals surface area contributed by atoms with Crippen molar-refractivity contribution in [3.8, 4) is 22.3 Å². The molecule has 0 radical (unpaired) electrons. The minimum atomic E-state index is -0.0244. The summed E-state index contributed by atoms with van der Waals surface area (Å²) in [6.07, 6.45) is 12.6. The van der Waals surface area contributed by atoms with Crippen molar-refractivity contribution in [1.82, 2.24) is 0 Å². The maximum Gasteiger partial charge on any atom is 0.0781 e. The summed E-state index contributed by atoms with van der Waals surface area (Å²) in [5.41, 5.74) is 16.7. The molecular formula is C53H42N2. The molecule has 0 aromatic heterocycles. The fraction of sp³-hybridized carbons (Fsp3) is 0.0566. The van der Waals surface area contributed by atoms with E-state index in [-0.39, 0.29) is 6.04 Å². The zero-order valence-electron chi connectivity index (χ0n) is 31.0. The van der Waals surface area contributed by atoms with Gasteiger partial charge in [-0.15, -0.1) is 0 Å². The molecule has 0 fully saturated rings. The maximum atomic E-state index is 2.50. The normalized spacial score (nSPS) is 17.5. The maximum absolute atomic E-state index is 2.50. The Hall–Kier alpha value is -6.90. The van der Waals surface area contributed by atoms with Gasteiger partial charge in [0.25, 0.3) is 0 Å². The Kier molecular flexibility index (Phi) is 9.38. The molecule has 0 heterocycles. The number of allylic oxidation sites excluding steroid dienone is 4. The minimum absolute atomic E-state index is 0.0244. The molecular weight excluding hydrogens is 665 g/mol. The summed E-state index contributed by atoms with van der Waals surface area (Å²) in [7, 11) is 0. The topological polar surface area (TPSA) is 6.48 Å². The van der Waals surface area contributed by atoms with Gasteiger partial charge < -0.3 is 9.80 Å². The van der Waals surface area contributed by atoms with Crippen molar-refractivity contribution in [3.05, 3.63) is 235 Å². The quantitative estimate of drug-likeness (QED) is 0.155. The van der Waals surface area contributed by atoms with E-state index < -0.39 is 0 Å². The summed E-state index contributed by atoms with van der Waals surface area (Å²) in [5, 5.41) is 0. The molecule has 9 rings (SSSR count). The summed E-state index contributed by atoms with van der Waals surface area (Å²) in [6.45, 7) is 2.25. The molecule has 7 aromatic rings. The van der Waals surface area contributed by atoms with Crippen LogP contribution in [0.4, 0.5) is 22.7 Å². The van der Waals surface area contributed by atoms with Crippen molar-refractivity contribution in [3.63, 3.8) is 0 Å².